The van der Waals surface area contributed by atoms with Gasteiger partial charge in [0.1, 0.15) is 23.9 Å². The van der Waals surface area contributed by atoms with Gasteiger partial charge in [0.05, 0.1) is 0 Å². The third kappa shape index (κ3) is 3.84. The number of likely N-dealkylation sites (tertiary alicyclic amines) is 1. The third-order valence-electron chi connectivity index (χ3n) is 4.74. The molecule has 3 atom stereocenters. The Morgan fingerprint density at radius 3 is 2.81 bits per heavy atom. The maximum absolute atomic E-state index is 13.0. The molecule has 5 N–H and O–H groups in total. The molecule has 0 aromatic carbocycles. The number of carbonyl (C=O) groups excluding carboxylic acids is 4. The predicted octanol–water partition coefficient (Wildman–Crippen LogP) is -1.81. The fraction of sp³-hybridized carbons (Fsp3) is 0.562. The summed E-state index contributed by atoms with van der Waals surface area (Å²) in [5.74, 6) is -1.00. The molecular weight excluding hydrogens is 340 g/mol. The van der Waals surface area contributed by atoms with Gasteiger partial charge in [0, 0.05) is 31.8 Å². The average Bonchev–Trinajstić information content (AvgIpc) is 3.34. The van der Waals surface area contributed by atoms with Gasteiger partial charge < -0.3 is 26.3 Å². The van der Waals surface area contributed by atoms with Crippen LogP contribution in [-0.2, 0) is 25.6 Å². The van der Waals surface area contributed by atoms with Gasteiger partial charge in [-0.3, -0.25) is 19.2 Å². The second kappa shape index (κ2) is 7.54. The molecule has 2 saturated heterocycles. The van der Waals surface area contributed by atoms with Crippen molar-refractivity contribution in [1.29, 1.82) is 0 Å². The lowest BCUT2D eigenvalue weighted by atomic mass is 10.1. The summed E-state index contributed by atoms with van der Waals surface area (Å²) in [6.45, 7) is 0.414. The van der Waals surface area contributed by atoms with Crippen LogP contribution in [0.1, 0.15) is 31.5 Å². The number of H-pyrrole nitrogens is 1. The van der Waals surface area contributed by atoms with E-state index in [2.05, 4.69) is 20.6 Å². The maximum Gasteiger partial charge on any atom is 0.246 e. The van der Waals surface area contributed by atoms with E-state index in [-0.39, 0.29) is 24.7 Å². The first-order chi connectivity index (χ1) is 12.5. The number of aromatic amines is 1. The number of hydrogen-bond acceptors (Lipinski definition) is 5. The summed E-state index contributed by atoms with van der Waals surface area (Å²) in [4.78, 5) is 56.8. The minimum Gasteiger partial charge on any atom is -0.368 e. The van der Waals surface area contributed by atoms with Gasteiger partial charge in [-0.25, -0.2) is 4.98 Å². The van der Waals surface area contributed by atoms with Crippen LogP contribution >= 0.6 is 0 Å². The van der Waals surface area contributed by atoms with Gasteiger partial charge in [0.2, 0.25) is 23.6 Å². The first-order valence-corrected chi connectivity index (χ1v) is 8.63. The van der Waals surface area contributed by atoms with Crippen LogP contribution in [0, 0.1) is 0 Å². The SMILES string of the molecule is NC(=O)C1CCCN1C(=O)C(Cc1ncc[nH]1)NC(=O)C1CCC(=O)N1. The summed E-state index contributed by atoms with van der Waals surface area (Å²) in [5.41, 5.74) is 5.39. The van der Waals surface area contributed by atoms with Crippen molar-refractivity contribution in [3.05, 3.63) is 18.2 Å². The summed E-state index contributed by atoms with van der Waals surface area (Å²) in [5, 5.41) is 5.28. The summed E-state index contributed by atoms with van der Waals surface area (Å²) in [6, 6.07) is -2.21. The Morgan fingerprint density at radius 1 is 1.38 bits per heavy atom. The standard InChI is InChI=1S/C16H22N6O4/c17-14(24)11-2-1-7-22(11)16(26)10(8-12-18-5-6-19-12)21-15(25)9-3-4-13(23)20-9/h5-6,9-11H,1-4,7-8H2,(H2,17,24)(H,18,19)(H,20,23)(H,21,25). The molecule has 0 aliphatic carbocycles. The molecule has 3 unspecified atom stereocenters. The third-order valence-corrected chi connectivity index (χ3v) is 4.74. The van der Waals surface area contributed by atoms with E-state index in [4.69, 9.17) is 5.73 Å². The Morgan fingerprint density at radius 2 is 2.19 bits per heavy atom. The quantitative estimate of drug-likeness (QED) is 0.470. The van der Waals surface area contributed by atoms with Gasteiger partial charge in [-0.2, -0.15) is 0 Å². The van der Waals surface area contributed by atoms with Gasteiger partial charge in [0.15, 0.2) is 0 Å². The first kappa shape index (κ1) is 17.9. The Labute approximate surface area is 149 Å². The van der Waals surface area contributed by atoms with E-state index in [9.17, 15) is 19.2 Å². The Kier molecular flexibility index (Phi) is 5.19. The van der Waals surface area contributed by atoms with Crippen LogP contribution in [0.15, 0.2) is 12.4 Å². The van der Waals surface area contributed by atoms with Gasteiger partial charge in [-0.05, 0) is 19.3 Å². The highest BCUT2D eigenvalue weighted by atomic mass is 16.2. The molecule has 3 heterocycles. The molecule has 10 heteroatoms. The average molecular weight is 362 g/mol. The van der Waals surface area contributed by atoms with E-state index < -0.39 is 29.9 Å². The second-order valence-electron chi connectivity index (χ2n) is 6.55. The normalized spacial score (nSPS) is 23.5. The zero-order valence-electron chi connectivity index (χ0n) is 14.2. The Hall–Kier alpha value is -2.91. The number of amides is 4. The molecular formula is C16H22N6O4. The fourth-order valence-corrected chi connectivity index (χ4v) is 3.41. The van der Waals surface area contributed by atoms with Crippen LogP contribution in [0.3, 0.4) is 0 Å². The molecule has 140 valence electrons. The largest absolute Gasteiger partial charge is 0.368 e. The number of nitrogens with two attached hydrogens (primary N) is 1. The molecule has 10 nitrogen and oxygen atoms in total. The van der Waals surface area contributed by atoms with E-state index in [0.29, 0.717) is 31.6 Å². The van der Waals surface area contributed by atoms with Gasteiger partial charge >= 0.3 is 0 Å². The summed E-state index contributed by atoms with van der Waals surface area (Å²) >= 11 is 0. The van der Waals surface area contributed by atoms with Crippen molar-refractivity contribution < 1.29 is 19.2 Å². The predicted molar refractivity (Wildman–Crippen MR) is 89.3 cm³/mol. The van der Waals surface area contributed by atoms with Gasteiger partial charge in [-0.15, -0.1) is 0 Å². The van der Waals surface area contributed by atoms with Crippen molar-refractivity contribution in [2.75, 3.05) is 6.54 Å². The molecule has 4 amide bonds. The molecule has 0 saturated carbocycles. The molecule has 0 radical (unpaired) electrons. The molecule has 2 aliphatic heterocycles. The zero-order chi connectivity index (χ0) is 18.7. The van der Waals surface area contributed by atoms with Crippen molar-refractivity contribution in [2.45, 2.75) is 50.2 Å². The molecule has 26 heavy (non-hydrogen) atoms. The number of hydrogen-bond donors (Lipinski definition) is 4. The summed E-state index contributed by atoms with van der Waals surface area (Å²) in [6.07, 6.45) is 5.20. The van der Waals surface area contributed by atoms with E-state index in [0.717, 1.165) is 0 Å². The number of aromatic nitrogens is 2. The molecule has 2 fully saturated rings. The van der Waals surface area contributed by atoms with Crippen LogP contribution in [0.4, 0.5) is 0 Å². The van der Waals surface area contributed by atoms with Crippen molar-refractivity contribution in [3.63, 3.8) is 0 Å². The minimum atomic E-state index is -0.897. The van der Waals surface area contributed by atoms with Crippen LogP contribution < -0.4 is 16.4 Å². The molecule has 1 aromatic rings. The molecule has 1 aromatic heterocycles. The van der Waals surface area contributed by atoms with E-state index >= 15 is 0 Å². The van der Waals surface area contributed by atoms with Crippen molar-refractivity contribution in [3.8, 4) is 0 Å². The first-order valence-electron chi connectivity index (χ1n) is 8.63. The highest BCUT2D eigenvalue weighted by molar-refractivity contribution is 5.95. The van der Waals surface area contributed by atoms with Crippen molar-refractivity contribution in [1.82, 2.24) is 25.5 Å². The highest BCUT2D eigenvalue weighted by Gasteiger charge is 2.38. The summed E-state index contributed by atoms with van der Waals surface area (Å²) in [7, 11) is 0. The summed E-state index contributed by atoms with van der Waals surface area (Å²) < 4.78 is 0. The van der Waals surface area contributed by atoms with E-state index in [1.54, 1.807) is 12.4 Å². The van der Waals surface area contributed by atoms with Crippen LogP contribution in [0.5, 0.6) is 0 Å². The topological polar surface area (TPSA) is 150 Å². The smallest absolute Gasteiger partial charge is 0.246 e. The molecule has 0 bridgehead atoms. The Balaban J connectivity index is 1.74. The lowest BCUT2D eigenvalue weighted by Gasteiger charge is -2.28. The van der Waals surface area contributed by atoms with Gasteiger partial charge in [0.25, 0.3) is 0 Å². The lowest BCUT2D eigenvalue weighted by Crippen LogP contribution is -2.56. The van der Waals surface area contributed by atoms with E-state index in [1.165, 1.54) is 4.90 Å². The monoisotopic (exact) mass is 362 g/mol. The number of nitrogens with zero attached hydrogens (tertiary/aromatic N) is 2. The van der Waals surface area contributed by atoms with Crippen molar-refractivity contribution >= 4 is 23.6 Å². The highest BCUT2D eigenvalue weighted by Crippen LogP contribution is 2.19. The minimum absolute atomic E-state index is 0.153. The van der Waals surface area contributed by atoms with E-state index in [1.807, 2.05) is 0 Å². The number of primary amides is 1. The van der Waals surface area contributed by atoms with Crippen LogP contribution in [-0.4, -0.2) is 63.2 Å². The fourth-order valence-electron chi connectivity index (χ4n) is 3.41. The van der Waals surface area contributed by atoms with Gasteiger partial charge in [-0.1, -0.05) is 0 Å². The number of imidazole rings is 1. The molecule has 2 aliphatic rings. The number of carbonyl (C=O) groups is 4. The zero-order valence-corrected chi connectivity index (χ0v) is 14.2. The molecule has 0 spiro atoms. The van der Waals surface area contributed by atoms with Crippen molar-refractivity contribution in [2.24, 2.45) is 5.73 Å². The van der Waals surface area contributed by atoms with Crippen LogP contribution in [0.2, 0.25) is 0 Å². The number of nitrogens with one attached hydrogen (secondary N) is 3. The second-order valence-corrected chi connectivity index (χ2v) is 6.55. The number of rotatable bonds is 6. The molecule has 3 rings (SSSR count). The Bertz CT molecular complexity index is 704. The van der Waals surface area contributed by atoms with Crippen LogP contribution in [0.25, 0.3) is 0 Å². The lowest BCUT2D eigenvalue weighted by molar-refractivity contribution is -0.140. The maximum atomic E-state index is 13.0.